The van der Waals surface area contributed by atoms with Gasteiger partial charge in [0.1, 0.15) is 5.75 Å². The molecule has 5 rings (SSSR count). The smallest absolute Gasteiger partial charge is 0.239 e. The first-order valence-corrected chi connectivity index (χ1v) is 13.1. The summed E-state index contributed by atoms with van der Waals surface area (Å²) in [4.78, 5) is 29.2. The molecule has 2 atom stereocenters. The van der Waals surface area contributed by atoms with Gasteiger partial charge in [0.15, 0.2) is 0 Å². The molecular weight excluding hydrogens is 454 g/mol. The van der Waals surface area contributed by atoms with Crippen LogP contribution in [0.5, 0.6) is 5.75 Å². The minimum atomic E-state index is -0.103. The van der Waals surface area contributed by atoms with Gasteiger partial charge in [0.2, 0.25) is 11.8 Å². The van der Waals surface area contributed by atoms with Gasteiger partial charge in [-0.25, -0.2) is 0 Å². The number of carbonyl (C=O) groups excluding carboxylic acids is 2. The normalized spacial score (nSPS) is 23.8. The Hall–Kier alpha value is -2.90. The number of methoxy groups -OCH3 is 1. The molecule has 3 saturated heterocycles. The first-order chi connectivity index (χ1) is 17.5. The van der Waals surface area contributed by atoms with Crippen LogP contribution in [0, 0.1) is 0 Å². The lowest BCUT2D eigenvalue weighted by molar-refractivity contribution is -0.133. The summed E-state index contributed by atoms with van der Waals surface area (Å²) in [6.07, 6.45) is 4.54. The van der Waals surface area contributed by atoms with E-state index in [0.29, 0.717) is 19.5 Å². The van der Waals surface area contributed by atoms with E-state index in [4.69, 9.17) is 9.47 Å². The molecule has 192 valence electrons. The monoisotopic (exact) mass is 491 g/mol. The number of piperidine rings is 1. The Labute approximate surface area is 213 Å². The van der Waals surface area contributed by atoms with Gasteiger partial charge in [0.05, 0.1) is 25.4 Å². The number of hydrogen-bond donors (Lipinski definition) is 1. The number of likely N-dealkylation sites (tertiary alicyclic amines) is 2. The van der Waals surface area contributed by atoms with Crippen LogP contribution in [0.3, 0.4) is 0 Å². The standard InChI is InChI=1S/C29H37N3O4/c1-35-26-10-6-5-9-23(26)19-31-15-13-29(14-16-31)12-11-25(36-29)18-30-27(33)21-32-20-24(17-28(32)34)22-7-3-2-4-8-22/h2-10,24-25H,11-21H2,1H3,(H,30,33)/t24-,25+/m1/s1. The molecule has 3 heterocycles. The van der Waals surface area contributed by atoms with Gasteiger partial charge in [-0.2, -0.15) is 0 Å². The van der Waals surface area contributed by atoms with E-state index in [1.807, 2.05) is 30.3 Å². The molecule has 3 aliphatic rings. The van der Waals surface area contributed by atoms with E-state index in [1.54, 1.807) is 12.0 Å². The second-order valence-electron chi connectivity index (χ2n) is 10.4. The van der Waals surface area contributed by atoms with Gasteiger partial charge in [-0.15, -0.1) is 0 Å². The summed E-state index contributed by atoms with van der Waals surface area (Å²) in [6.45, 7) is 4.12. The van der Waals surface area contributed by atoms with Gasteiger partial charge in [-0.05, 0) is 37.3 Å². The van der Waals surface area contributed by atoms with Crippen LogP contribution in [0.25, 0.3) is 0 Å². The molecule has 2 amide bonds. The van der Waals surface area contributed by atoms with Crippen LogP contribution in [0.2, 0.25) is 0 Å². The van der Waals surface area contributed by atoms with Crippen molar-refractivity contribution in [2.45, 2.75) is 56.3 Å². The molecule has 0 radical (unpaired) electrons. The third-order valence-corrected chi connectivity index (χ3v) is 8.04. The quantitative estimate of drug-likeness (QED) is 0.613. The lowest BCUT2D eigenvalue weighted by atomic mass is 9.88. The number of para-hydroxylation sites is 1. The number of carbonyl (C=O) groups is 2. The van der Waals surface area contributed by atoms with Crippen molar-refractivity contribution in [2.24, 2.45) is 0 Å². The average molecular weight is 492 g/mol. The number of amides is 2. The summed E-state index contributed by atoms with van der Waals surface area (Å²) in [5, 5.41) is 3.02. The molecule has 0 bridgehead atoms. The molecule has 0 aromatic heterocycles. The van der Waals surface area contributed by atoms with Gasteiger partial charge >= 0.3 is 0 Å². The molecule has 7 nitrogen and oxygen atoms in total. The van der Waals surface area contributed by atoms with E-state index in [1.165, 1.54) is 5.56 Å². The largest absolute Gasteiger partial charge is 0.496 e. The Morgan fingerprint density at radius 2 is 1.83 bits per heavy atom. The fraction of sp³-hybridized carbons (Fsp3) is 0.517. The van der Waals surface area contributed by atoms with Crippen molar-refractivity contribution >= 4 is 11.8 Å². The van der Waals surface area contributed by atoms with E-state index in [0.717, 1.165) is 56.6 Å². The van der Waals surface area contributed by atoms with Gasteiger partial charge in [-0.1, -0.05) is 48.5 Å². The van der Waals surface area contributed by atoms with Crippen molar-refractivity contribution in [2.75, 3.05) is 39.8 Å². The summed E-state index contributed by atoms with van der Waals surface area (Å²) in [6, 6.07) is 18.3. The molecule has 2 aromatic carbocycles. The zero-order valence-corrected chi connectivity index (χ0v) is 21.2. The third-order valence-electron chi connectivity index (χ3n) is 8.04. The topological polar surface area (TPSA) is 71.1 Å². The highest BCUT2D eigenvalue weighted by Crippen LogP contribution is 2.39. The molecule has 36 heavy (non-hydrogen) atoms. The van der Waals surface area contributed by atoms with Crippen LogP contribution in [-0.4, -0.2) is 73.2 Å². The van der Waals surface area contributed by atoms with Gasteiger partial charge < -0.3 is 19.7 Å². The summed E-state index contributed by atoms with van der Waals surface area (Å²) in [5.41, 5.74) is 2.31. The van der Waals surface area contributed by atoms with Crippen LogP contribution in [0.4, 0.5) is 0 Å². The maximum Gasteiger partial charge on any atom is 0.239 e. The van der Waals surface area contributed by atoms with E-state index in [9.17, 15) is 9.59 Å². The van der Waals surface area contributed by atoms with Gasteiger partial charge in [0, 0.05) is 50.6 Å². The predicted molar refractivity (Wildman–Crippen MR) is 138 cm³/mol. The predicted octanol–water partition coefficient (Wildman–Crippen LogP) is 3.34. The summed E-state index contributed by atoms with van der Waals surface area (Å²) in [5.74, 6) is 1.05. The fourth-order valence-corrected chi connectivity index (χ4v) is 5.93. The minimum Gasteiger partial charge on any atom is -0.496 e. The average Bonchev–Trinajstić information content (AvgIpc) is 3.48. The molecule has 1 N–H and O–H groups in total. The number of ether oxygens (including phenoxy) is 2. The lowest BCUT2D eigenvalue weighted by Crippen LogP contribution is -2.45. The Bertz CT molecular complexity index is 1050. The zero-order valence-electron chi connectivity index (χ0n) is 21.2. The Balaban J connectivity index is 1.04. The molecule has 3 aliphatic heterocycles. The fourth-order valence-electron chi connectivity index (χ4n) is 5.93. The zero-order chi connectivity index (χ0) is 25.0. The number of hydrogen-bond acceptors (Lipinski definition) is 5. The molecule has 7 heteroatoms. The highest BCUT2D eigenvalue weighted by molar-refractivity contribution is 5.86. The number of nitrogens with zero attached hydrogens (tertiary/aromatic N) is 2. The SMILES string of the molecule is COc1ccccc1CN1CCC2(CC[C@@H](CNC(=O)CN3C[C@H](c4ccccc4)CC3=O)O2)CC1. The molecule has 0 aliphatic carbocycles. The van der Waals surface area contributed by atoms with Crippen LogP contribution < -0.4 is 10.1 Å². The van der Waals surface area contributed by atoms with Crippen molar-refractivity contribution in [1.29, 1.82) is 0 Å². The van der Waals surface area contributed by atoms with Crippen LogP contribution in [0.1, 0.15) is 49.1 Å². The summed E-state index contributed by atoms with van der Waals surface area (Å²) >= 11 is 0. The highest BCUT2D eigenvalue weighted by Gasteiger charge is 2.42. The van der Waals surface area contributed by atoms with Crippen molar-refractivity contribution in [3.63, 3.8) is 0 Å². The van der Waals surface area contributed by atoms with Crippen LogP contribution in [-0.2, 0) is 20.9 Å². The van der Waals surface area contributed by atoms with Crippen molar-refractivity contribution in [1.82, 2.24) is 15.1 Å². The van der Waals surface area contributed by atoms with Crippen LogP contribution >= 0.6 is 0 Å². The number of rotatable bonds is 8. The molecule has 0 unspecified atom stereocenters. The Morgan fingerprint density at radius 1 is 1.08 bits per heavy atom. The minimum absolute atomic E-state index is 0.0427. The molecule has 3 fully saturated rings. The van der Waals surface area contributed by atoms with E-state index in [-0.39, 0.29) is 36.0 Å². The van der Waals surface area contributed by atoms with Crippen molar-refractivity contribution in [3.8, 4) is 5.75 Å². The second kappa shape index (κ2) is 11.0. The number of nitrogens with one attached hydrogen (secondary N) is 1. The third kappa shape index (κ3) is 5.73. The van der Waals surface area contributed by atoms with Crippen molar-refractivity contribution < 1.29 is 19.1 Å². The van der Waals surface area contributed by atoms with Gasteiger partial charge in [-0.3, -0.25) is 14.5 Å². The van der Waals surface area contributed by atoms with E-state index < -0.39 is 0 Å². The summed E-state index contributed by atoms with van der Waals surface area (Å²) in [7, 11) is 1.72. The second-order valence-corrected chi connectivity index (χ2v) is 10.4. The molecule has 0 saturated carbocycles. The Morgan fingerprint density at radius 3 is 2.61 bits per heavy atom. The molecule has 2 aromatic rings. The van der Waals surface area contributed by atoms with Gasteiger partial charge in [0.25, 0.3) is 0 Å². The van der Waals surface area contributed by atoms with E-state index >= 15 is 0 Å². The lowest BCUT2D eigenvalue weighted by Gasteiger charge is -2.39. The maximum absolute atomic E-state index is 12.6. The number of benzene rings is 2. The first kappa shape index (κ1) is 24.8. The first-order valence-electron chi connectivity index (χ1n) is 13.1. The van der Waals surface area contributed by atoms with E-state index in [2.05, 4.69) is 34.5 Å². The summed E-state index contributed by atoms with van der Waals surface area (Å²) < 4.78 is 12.0. The van der Waals surface area contributed by atoms with Crippen LogP contribution in [0.15, 0.2) is 54.6 Å². The van der Waals surface area contributed by atoms with Crippen molar-refractivity contribution in [3.05, 3.63) is 65.7 Å². The maximum atomic E-state index is 12.6. The molecule has 1 spiro atoms. The molecular formula is C29H37N3O4. The highest BCUT2D eigenvalue weighted by atomic mass is 16.5. The Kier molecular flexibility index (Phi) is 7.58.